The van der Waals surface area contributed by atoms with Crippen LogP contribution in [-0.2, 0) is 4.57 Å². The zero-order valence-corrected chi connectivity index (χ0v) is 25.5. The van der Waals surface area contributed by atoms with Crippen molar-refractivity contribution in [2.45, 2.75) is 27.7 Å². The number of hydrogen-bond donors (Lipinski definition) is 2. The highest BCUT2D eigenvalue weighted by atomic mass is 16.7. The Bertz CT molecular complexity index is 1910. The second-order valence-corrected chi connectivity index (χ2v) is 11.9. The van der Waals surface area contributed by atoms with E-state index in [2.05, 4.69) is 21.8 Å². The van der Waals surface area contributed by atoms with Crippen molar-refractivity contribution >= 4 is 47.8 Å². The zero-order valence-electron chi connectivity index (χ0n) is 25.5. The Morgan fingerprint density at radius 2 is 0.933 bits per heavy atom. The molecule has 4 aliphatic heterocycles. The number of phenolic OH excluding ortho intramolecular Hbond substituents is 2. The summed E-state index contributed by atoms with van der Waals surface area (Å²) in [6.07, 6.45) is 4.11. The van der Waals surface area contributed by atoms with Crippen molar-refractivity contribution in [1.82, 2.24) is 0 Å². The molecule has 8 rings (SSSR count). The van der Waals surface area contributed by atoms with Crippen LogP contribution in [0.2, 0.25) is 0 Å². The van der Waals surface area contributed by atoms with Gasteiger partial charge in [0.25, 0.3) is 0 Å². The lowest BCUT2D eigenvalue weighted by molar-refractivity contribution is -0.368. The molecule has 224 valence electrons. The monoisotopic (exact) mass is 598 g/mol. The first-order valence-corrected chi connectivity index (χ1v) is 15.1. The van der Waals surface area contributed by atoms with E-state index in [0.717, 1.165) is 34.2 Å². The fraction of sp³-hybridized carbons (Fsp3) is 0.118. The fourth-order valence-electron chi connectivity index (χ4n) is 7.53. The molecule has 0 unspecified atom stereocenters. The third-order valence-corrected chi connectivity index (χ3v) is 9.11. The molecule has 0 bridgehead atoms. The molecule has 45 heavy (non-hydrogen) atoms. The molecule has 4 aliphatic rings. The number of benzene rings is 4. The molecule has 4 aromatic rings. The first-order valence-electron chi connectivity index (χ1n) is 15.1. The second kappa shape index (κ2) is 9.54. The maximum absolute atomic E-state index is 11.3. The number of hydrogen-bond acceptors (Lipinski definition) is 7. The van der Waals surface area contributed by atoms with E-state index in [-0.39, 0.29) is 11.5 Å². The molecule has 4 aromatic carbocycles. The van der Waals surface area contributed by atoms with E-state index in [1.165, 1.54) is 0 Å². The number of nitrogens with zero attached hydrogens (tertiary/aromatic N) is 4. The predicted octanol–water partition coefficient (Wildman–Crippen LogP) is 6.53. The lowest BCUT2D eigenvalue weighted by atomic mass is 9.70. The Hall–Kier alpha value is -5.41. The highest BCUT2D eigenvalue weighted by Crippen LogP contribution is 2.53. The summed E-state index contributed by atoms with van der Waals surface area (Å²) in [5.41, 5.74) is 6.10. The smallest absolute Gasteiger partial charge is 0.614 e. The summed E-state index contributed by atoms with van der Waals surface area (Å²) in [5, 5.41) is 22.6. The molecule has 0 aliphatic carbocycles. The van der Waals surface area contributed by atoms with Gasteiger partial charge in [-0.25, -0.2) is 0 Å². The molecular weight excluding hydrogens is 566 g/mol. The zero-order chi connectivity index (χ0) is 31.1. The van der Waals surface area contributed by atoms with Crippen LogP contribution in [0.25, 0.3) is 0 Å². The number of fused-ring (bicyclic) bond motifs is 6. The van der Waals surface area contributed by atoms with Crippen LogP contribution in [0.1, 0.15) is 27.7 Å². The van der Waals surface area contributed by atoms with E-state index in [4.69, 9.17) is 13.9 Å². The van der Waals surface area contributed by atoms with Gasteiger partial charge in [-0.2, -0.15) is 0 Å². The molecule has 0 radical (unpaired) electrons. The number of phenols is 2. The van der Waals surface area contributed by atoms with Crippen LogP contribution in [0.15, 0.2) is 121 Å². The third kappa shape index (κ3) is 3.67. The van der Waals surface area contributed by atoms with E-state index in [9.17, 15) is 10.2 Å². The molecule has 0 amide bonds. The van der Waals surface area contributed by atoms with E-state index in [1.54, 1.807) is 24.3 Å². The molecule has 0 fully saturated rings. The van der Waals surface area contributed by atoms with Gasteiger partial charge in [0.15, 0.2) is 11.5 Å². The Morgan fingerprint density at radius 3 is 1.36 bits per heavy atom. The number of anilines is 2. The van der Waals surface area contributed by atoms with E-state index in [1.807, 2.05) is 109 Å². The van der Waals surface area contributed by atoms with Crippen LogP contribution >= 0.6 is 0 Å². The topological polar surface area (TPSA) is 80.7 Å². The SMILES string of the molecule is CC1=CC(C)=[N+](c2ccccc2O)[B@@-]2(O[B@-]34Oc5ccccc5N3C(C)=CC(C)=[N+]4c3ccccc3O)Oc3ccccc3N12. The van der Waals surface area contributed by atoms with Gasteiger partial charge in [-0.1, -0.05) is 48.5 Å². The summed E-state index contributed by atoms with van der Waals surface area (Å²) in [5.74, 6) is 1.42. The number of allylic oxidation sites excluding steroid dienone is 4. The first kappa shape index (κ1) is 27.2. The minimum absolute atomic E-state index is 0.0756. The van der Waals surface area contributed by atoms with Crippen LogP contribution < -0.4 is 18.9 Å². The molecule has 0 aromatic heterocycles. The highest BCUT2D eigenvalue weighted by Gasteiger charge is 2.70. The summed E-state index contributed by atoms with van der Waals surface area (Å²) >= 11 is 0. The van der Waals surface area contributed by atoms with E-state index < -0.39 is 13.6 Å². The maximum Gasteiger partial charge on any atom is 0.689 e. The average molecular weight is 598 g/mol. The highest BCUT2D eigenvalue weighted by molar-refractivity contribution is 6.81. The van der Waals surface area contributed by atoms with Crippen molar-refractivity contribution in [3.05, 3.63) is 121 Å². The molecule has 4 heterocycles. The van der Waals surface area contributed by atoms with Crippen LogP contribution in [0.3, 0.4) is 0 Å². The van der Waals surface area contributed by atoms with Crippen molar-refractivity contribution < 1.29 is 33.1 Å². The Labute approximate surface area is 261 Å². The molecule has 11 heteroatoms. The van der Waals surface area contributed by atoms with Crippen LogP contribution in [-0.4, -0.2) is 44.3 Å². The predicted molar refractivity (Wildman–Crippen MR) is 177 cm³/mol. The number of aromatic hydroxyl groups is 2. The van der Waals surface area contributed by atoms with Gasteiger partial charge in [-0.05, 0) is 61.6 Å². The van der Waals surface area contributed by atoms with Gasteiger partial charge in [0.05, 0.1) is 11.5 Å². The Morgan fingerprint density at radius 1 is 0.556 bits per heavy atom. The summed E-state index contributed by atoms with van der Waals surface area (Å²) in [6.45, 7) is 2.55. The molecule has 0 saturated carbocycles. The maximum atomic E-state index is 11.3. The summed E-state index contributed by atoms with van der Waals surface area (Å²) in [4.78, 5) is 4.11. The Balaban J connectivity index is 1.45. The molecule has 0 saturated heterocycles. The number of rotatable bonds is 4. The van der Waals surface area contributed by atoms with E-state index >= 15 is 0 Å². The fourth-order valence-corrected chi connectivity index (χ4v) is 7.53. The quantitative estimate of drug-likeness (QED) is 0.259. The molecule has 2 N–H and O–H groups in total. The van der Waals surface area contributed by atoms with E-state index in [0.29, 0.717) is 22.9 Å². The normalized spacial score (nSPS) is 23.0. The van der Waals surface area contributed by atoms with Crippen molar-refractivity contribution in [1.29, 1.82) is 0 Å². The average Bonchev–Trinajstić information content (AvgIpc) is 3.52. The van der Waals surface area contributed by atoms with Gasteiger partial charge in [-0.3, -0.25) is 0 Å². The van der Waals surface area contributed by atoms with Gasteiger partial charge < -0.3 is 42.7 Å². The standard InChI is InChI=1S/C34H32B2N4O5/c1-23-21-25(3)39-29-15-7-11-19-33(29)43-35(39,37(23)27-13-5-9-17-31(27)41)45-36-38(28-14-6-10-18-32(28)42)24(2)22-26(4)40(36)30-16-8-12-20-34(30)44-36/h5-22,41-42H,1-4H3/t35-,36-/m0/s1. The van der Waals surface area contributed by atoms with Gasteiger partial charge in [0.2, 0.25) is 11.4 Å². The summed E-state index contributed by atoms with van der Waals surface area (Å²) in [6, 6.07) is 30.0. The van der Waals surface area contributed by atoms with Crippen LogP contribution in [0.4, 0.5) is 22.7 Å². The molecule has 9 nitrogen and oxygen atoms in total. The van der Waals surface area contributed by atoms with Crippen molar-refractivity contribution in [2.24, 2.45) is 0 Å². The molecular formula is C34H32B2N4O5. The summed E-state index contributed by atoms with van der Waals surface area (Å²) in [7, 11) is 0. The second-order valence-electron chi connectivity index (χ2n) is 11.9. The van der Waals surface area contributed by atoms with Crippen molar-refractivity contribution in [3.8, 4) is 23.0 Å². The van der Waals surface area contributed by atoms with Crippen molar-refractivity contribution in [2.75, 3.05) is 9.62 Å². The summed E-state index contributed by atoms with van der Waals surface area (Å²) < 4.78 is 25.7. The van der Waals surface area contributed by atoms with Gasteiger partial charge in [-0.15, -0.1) is 0 Å². The minimum atomic E-state index is -2.72. The third-order valence-electron chi connectivity index (χ3n) is 9.11. The van der Waals surface area contributed by atoms with Gasteiger partial charge >= 0.3 is 13.6 Å². The largest absolute Gasteiger partial charge is 0.689 e. The Kier molecular flexibility index (Phi) is 5.76. The first-order chi connectivity index (χ1) is 21.7. The molecule has 2 atom stereocenters. The van der Waals surface area contributed by atoms with Gasteiger partial charge in [0, 0.05) is 49.5 Å². The lowest BCUT2D eigenvalue weighted by Gasteiger charge is -2.52. The molecule has 0 spiro atoms. The van der Waals surface area contributed by atoms with Crippen LogP contribution in [0, 0.1) is 0 Å². The minimum Gasteiger partial charge on any atom is -0.614 e. The van der Waals surface area contributed by atoms with Gasteiger partial charge in [0.1, 0.15) is 11.4 Å². The number of para-hydroxylation sites is 8. The van der Waals surface area contributed by atoms with Crippen LogP contribution in [0.5, 0.6) is 23.0 Å². The van der Waals surface area contributed by atoms with Crippen molar-refractivity contribution in [3.63, 3.8) is 0 Å². The lowest BCUT2D eigenvalue weighted by Crippen LogP contribution is -2.78.